The Morgan fingerprint density at radius 1 is 1.14 bits per heavy atom. The topological polar surface area (TPSA) is 68.9 Å². The molecule has 21 heavy (non-hydrogen) atoms. The first kappa shape index (κ1) is 13.2. The molecule has 0 aliphatic rings. The van der Waals surface area contributed by atoms with E-state index in [1.807, 2.05) is 6.07 Å². The average molecular weight is 281 g/mol. The molecule has 0 spiro atoms. The Morgan fingerprint density at radius 3 is 2.81 bits per heavy atom. The average Bonchev–Trinajstić information content (AvgIpc) is 2.47. The Kier molecular flexibility index (Phi) is 3.31. The third-order valence-corrected chi connectivity index (χ3v) is 3.19. The Hall–Kier alpha value is -2.82. The van der Waals surface area contributed by atoms with Crippen LogP contribution in [-0.4, -0.2) is 15.9 Å². The van der Waals surface area contributed by atoms with Crippen LogP contribution in [0.2, 0.25) is 0 Å². The van der Waals surface area contributed by atoms with Gasteiger partial charge in [0.1, 0.15) is 5.82 Å². The van der Waals surface area contributed by atoms with Crippen LogP contribution in [0, 0.1) is 5.82 Å². The van der Waals surface area contributed by atoms with E-state index in [2.05, 4.69) is 9.97 Å². The van der Waals surface area contributed by atoms with Gasteiger partial charge in [-0.3, -0.25) is 14.8 Å². The number of benzene rings is 1. The zero-order chi connectivity index (χ0) is 14.8. The molecule has 3 rings (SSSR count). The normalized spacial score (nSPS) is 10.7. The Bertz CT molecular complexity index is 833. The fourth-order valence-corrected chi connectivity index (χ4v) is 2.18. The van der Waals surface area contributed by atoms with Crippen LogP contribution in [0.5, 0.6) is 0 Å². The largest absolute Gasteiger partial charge is 0.366 e. The predicted molar refractivity (Wildman–Crippen MR) is 77.3 cm³/mol. The van der Waals surface area contributed by atoms with Crippen molar-refractivity contribution in [1.82, 2.24) is 9.97 Å². The van der Waals surface area contributed by atoms with Crippen LogP contribution >= 0.6 is 0 Å². The van der Waals surface area contributed by atoms with Crippen LogP contribution in [0.4, 0.5) is 4.39 Å². The van der Waals surface area contributed by atoms with E-state index in [1.54, 1.807) is 30.6 Å². The number of carbonyl (C=O) groups is 1. The van der Waals surface area contributed by atoms with Gasteiger partial charge >= 0.3 is 0 Å². The van der Waals surface area contributed by atoms with Crippen LogP contribution < -0.4 is 5.73 Å². The van der Waals surface area contributed by atoms with Crippen molar-refractivity contribution in [2.45, 2.75) is 6.42 Å². The van der Waals surface area contributed by atoms with E-state index in [0.717, 1.165) is 16.5 Å². The van der Waals surface area contributed by atoms with E-state index in [9.17, 15) is 9.18 Å². The smallest absolute Gasteiger partial charge is 0.248 e. The number of primary amides is 1. The maximum absolute atomic E-state index is 13.2. The summed E-state index contributed by atoms with van der Waals surface area (Å²) in [6.45, 7) is 0. The number of amides is 1. The standard InChI is InChI=1S/C16H12FN3O/c17-13-1-2-15-12(7-13)5-10(9-20-15)6-14-8-11(16(18)21)3-4-19-14/h1-5,7-9H,6H2,(H2,18,21). The number of carbonyl (C=O) groups excluding carboxylic acids is 1. The van der Waals surface area contributed by atoms with Gasteiger partial charge in [-0.25, -0.2) is 4.39 Å². The highest BCUT2D eigenvalue weighted by Gasteiger charge is 2.05. The molecule has 0 radical (unpaired) electrons. The van der Waals surface area contributed by atoms with Gasteiger partial charge in [-0.05, 0) is 42.0 Å². The Balaban J connectivity index is 1.94. The monoisotopic (exact) mass is 281 g/mol. The first-order valence-corrected chi connectivity index (χ1v) is 6.41. The maximum Gasteiger partial charge on any atom is 0.248 e. The molecule has 0 saturated heterocycles. The second kappa shape index (κ2) is 5.28. The van der Waals surface area contributed by atoms with Crippen molar-refractivity contribution in [1.29, 1.82) is 0 Å². The fourth-order valence-electron chi connectivity index (χ4n) is 2.18. The van der Waals surface area contributed by atoms with Crippen molar-refractivity contribution in [3.8, 4) is 0 Å². The van der Waals surface area contributed by atoms with E-state index in [1.165, 1.54) is 12.1 Å². The van der Waals surface area contributed by atoms with Gasteiger partial charge in [-0.15, -0.1) is 0 Å². The van der Waals surface area contributed by atoms with Crippen LogP contribution in [0.25, 0.3) is 10.9 Å². The first-order valence-electron chi connectivity index (χ1n) is 6.41. The number of aromatic nitrogens is 2. The fraction of sp³-hybridized carbons (Fsp3) is 0.0625. The molecular formula is C16H12FN3O. The van der Waals surface area contributed by atoms with E-state index < -0.39 is 5.91 Å². The highest BCUT2D eigenvalue weighted by Crippen LogP contribution is 2.17. The van der Waals surface area contributed by atoms with E-state index in [-0.39, 0.29) is 5.82 Å². The van der Waals surface area contributed by atoms with E-state index in [0.29, 0.717) is 17.7 Å². The number of rotatable bonds is 3. The molecule has 5 heteroatoms. The van der Waals surface area contributed by atoms with Gasteiger partial charge in [0.15, 0.2) is 0 Å². The number of nitrogens with two attached hydrogens (primary N) is 1. The maximum atomic E-state index is 13.2. The second-order valence-electron chi connectivity index (χ2n) is 4.76. The number of pyridine rings is 2. The molecule has 104 valence electrons. The van der Waals surface area contributed by atoms with Gasteiger partial charge in [0.25, 0.3) is 0 Å². The lowest BCUT2D eigenvalue weighted by molar-refractivity contribution is 0.1000. The van der Waals surface area contributed by atoms with Gasteiger partial charge in [0.05, 0.1) is 5.52 Å². The number of hydrogen-bond donors (Lipinski definition) is 1. The lowest BCUT2D eigenvalue weighted by Crippen LogP contribution is -2.11. The van der Waals surface area contributed by atoms with Crippen molar-refractivity contribution in [2.24, 2.45) is 5.73 Å². The molecule has 0 bridgehead atoms. The number of nitrogens with zero attached hydrogens (tertiary/aromatic N) is 2. The third-order valence-electron chi connectivity index (χ3n) is 3.19. The van der Waals surface area contributed by atoms with Crippen LogP contribution in [0.15, 0.2) is 48.8 Å². The second-order valence-corrected chi connectivity index (χ2v) is 4.76. The molecule has 2 aromatic heterocycles. The van der Waals surface area contributed by atoms with Crippen LogP contribution in [0.1, 0.15) is 21.6 Å². The van der Waals surface area contributed by atoms with Crippen molar-refractivity contribution in [3.63, 3.8) is 0 Å². The summed E-state index contributed by atoms with van der Waals surface area (Å²) >= 11 is 0. The van der Waals surface area contributed by atoms with Crippen molar-refractivity contribution in [2.75, 3.05) is 0 Å². The molecule has 2 heterocycles. The Labute approximate surface area is 120 Å². The zero-order valence-corrected chi connectivity index (χ0v) is 11.1. The number of hydrogen-bond acceptors (Lipinski definition) is 3. The van der Waals surface area contributed by atoms with Crippen molar-refractivity contribution < 1.29 is 9.18 Å². The Morgan fingerprint density at radius 2 is 2.00 bits per heavy atom. The molecular weight excluding hydrogens is 269 g/mol. The molecule has 1 aromatic carbocycles. The summed E-state index contributed by atoms with van der Waals surface area (Å²) in [6.07, 6.45) is 3.77. The van der Waals surface area contributed by atoms with Crippen molar-refractivity contribution in [3.05, 3.63) is 71.4 Å². The lowest BCUT2D eigenvalue weighted by Gasteiger charge is -2.04. The summed E-state index contributed by atoms with van der Waals surface area (Å²) in [6, 6.07) is 9.55. The minimum atomic E-state index is -0.489. The summed E-state index contributed by atoms with van der Waals surface area (Å²) in [5.74, 6) is -0.785. The predicted octanol–water partition coefficient (Wildman–Crippen LogP) is 2.46. The first-order chi connectivity index (χ1) is 10.1. The molecule has 1 amide bonds. The van der Waals surface area contributed by atoms with Gasteiger partial charge in [-0.2, -0.15) is 0 Å². The molecule has 3 aromatic rings. The highest BCUT2D eigenvalue weighted by molar-refractivity contribution is 5.92. The summed E-state index contributed by atoms with van der Waals surface area (Å²) in [7, 11) is 0. The minimum absolute atomic E-state index is 0.296. The summed E-state index contributed by atoms with van der Waals surface area (Å²) in [5.41, 5.74) is 8.00. The molecule has 2 N–H and O–H groups in total. The number of halogens is 1. The van der Waals surface area contributed by atoms with Gasteiger partial charge in [0, 0.05) is 35.5 Å². The lowest BCUT2D eigenvalue weighted by atomic mass is 10.1. The summed E-state index contributed by atoms with van der Waals surface area (Å²) in [4.78, 5) is 19.7. The van der Waals surface area contributed by atoms with Gasteiger partial charge < -0.3 is 5.73 Å². The third kappa shape index (κ3) is 2.86. The summed E-state index contributed by atoms with van der Waals surface area (Å²) < 4.78 is 13.2. The molecule has 0 atom stereocenters. The SMILES string of the molecule is NC(=O)c1ccnc(Cc2cnc3ccc(F)cc3c2)c1. The van der Waals surface area contributed by atoms with Crippen molar-refractivity contribution >= 4 is 16.8 Å². The quantitative estimate of drug-likeness (QED) is 0.801. The minimum Gasteiger partial charge on any atom is -0.366 e. The zero-order valence-electron chi connectivity index (χ0n) is 11.1. The molecule has 0 aliphatic carbocycles. The molecule has 0 fully saturated rings. The van der Waals surface area contributed by atoms with Gasteiger partial charge in [-0.1, -0.05) is 0 Å². The van der Waals surface area contributed by atoms with E-state index in [4.69, 9.17) is 5.73 Å². The van der Waals surface area contributed by atoms with Gasteiger partial charge in [0.2, 0.25) is 5.91 Å². The molecule has 0 unspecified atom stereocenters. The molecule has 4 nitrogen and oxygen atoms in total. The van der Waals surface area contributed by atoms with E-state index >= 15 is 0 Å². The highest BCUT2D eigenvalue weighted by atomic mass is 19.1. The van der Waals surface area contributed by atoms with Crippen LogP contribution in [-0.2, 0) is 6.42 Å². The van der Waals surface area contributed by atoms with Crippen LogP contribution in [0.3, 0.4) is 0 Å². The number of fused-ring (bicyclic) bond motifs is 1. The molecule has 0 aliphatic heterocycles. The summed E-state index contributed by atoms with van der Waals surface area (Å²) in [5, 5.41) is 0.735. The molecule has 0 saturated carbocycles.